The van der Waals surface area contributed by atoms with Gasteiger partial charge in [-0.05, 0) is 37.1 Å². The van der Waals surface area contributed by atoms with Crippen LogP contribution in [0.1, 0.15) is 40.5 Å². The predicted octanol–water partition coefficient (Wildman–Crippen LogP) is 1.20. The fraction of sp³-hybridized carbons (Fsp3) is 0.381. The maximum absolute atomic E-state index is 12.7. The molecule has 2 aliphatic rings. The Morgan fingerprint density at radius 3 is 2.26 bits per heavy atom. The topological polar surface area (TPSA) is 134 Å². The van der Waals surface area contributed by atoms with Crippen molar-refractivity contribution in [3.8, 4) is 0 Å². The molecule has 4 rings (SSSR count). The number of piperazine rings is 1. The van der Waals surface area contributed by atoms with Crippen LogP contribution in [0, 0.1) is 0 Å². The van der Waals surface area contributed by atoms with Crippen LogP contribution in [-0.2, 0) is 4.79 Å². The Morgan fingerprint density at radius 1 is 1.03 bits per heavy atom. The highest BCUT2D eigenvalue weighted by atomic mass is 16.2. The lowest BCUT2D eigenvalue weighted by molar-refractivity contribution is -0.130. The molecule has 2 aromatic rings. The average molecular weight is 423 g/mol. The Hall–Kier alpha value is -3.69. The Morgan fingerprint density at radius 2 is 1.68 bits per heavy atom. The number of anilines is 3. The van der Waals surface area contributed by atoms with Crippen LogP contribution in [0.2, 0.25) is 0 Å². The molecule has 1 aromatic heterocycles. The van der Waals surface area contributed by atoms with Gasteiger partial charge in [0.2, 0.25) is 11.9 Å². The van der Waals surface area contributed by atoms with E-state index in [2.05, 4.69) is 20.6 Å². The number of nitrogens with zero attached hydrogens (tertiary/aromatic N) is 4. The third-order valence-corrected chi connectivity index (χ3v) is 5.37. The molecule has 1 aliphatic heterocycles. The lowest BCUT2D eigenvalue weighted by atomic mass is 10.1. The van der Waals surface area contributed by atoms with E-state index in [-0.39, 0.29) is 17.4 Å². The molecule has 0 unspecified atom stereocenters. The van der Waals surface area contributed by atoms with Crippen molar-refractivity contribution in [1.29, 1.82) is 0 Å². The molecule has 3 amide bonds. The van der Waals surface area contributed by atoms with Gasteiger partial charge in [0.15, 0.2) is 0 Å². The molecule has 1 aliphatic carbocycles. The van der Waals surface area contributed by atoms with Crippen LogP contribution in [-0.4, -0.2) is 69.7 Å². The highest BCUT2D eigenvalue weighted by Gasteiger charge is 2.25. The maximum atomic E-state index is 12.7. The number of rotatable bonds is 6. The van der Waals surface area contributed by atoms with E-state index in [9.17, 15) is 14.4 Å². The molecule has 0 atom stereocenters. The number of hydrogen-bond acceptors (Lipinski definition) is 7. The summed E-state index contributed by atoms with van der Waals surface area (Å²) in [5.41, 5.74) is 6.94. The molecular formula is C21H25N7O3. The number of carbonyl (C=O) groups is 3. The molecule has 162 valence electrons. The number of aromatic nitrogens is 2. The predicted molar refractivity (Wildman–Crippen MR) is 115 cm³/mol. The largest absolute Gasteiger partial charge is 0.367 e. The van der Waals surface area contributed by atoms with Crippen LogP contribution in [0.15, 0.2) is 30.5 Å². The number of nitrogens with two attached hydrogens (primary N) is 1. The van der Waals surface area contributed by atoms with E-state index in [1.165, 1.54) is 6.20 Å². The first-order valence-electron chi connectivity index (χ1n) is 10.3. The van der Waals surface area contributed by atoms with Gasteiger partial charge in [-0.2, -0.15) is 4.98 Å². The van der Waals surface area contributed by atoms with Crippen molar-refractivity contribution >= 4 is 35.2 Å². The molecule has 0 spiro atoms. The third kappa shape index (κ3) is 4.90. The summed E-state index contributed by atoms with van der Waals surface area (Å²) in [6, 6.07) is 7.34. The SMILES string of the molecule is CC(=O)N1CCN(C(=O)c2ccc(Nc3ncc(C(N)=O)c(NC4CC4)n3)cc2)CC1. The van der Waals surface area contributed by atoms with Gasteiger partial charge in [-0.3, -0.25) is 14.4 Å². The van der Waals surface area contributed by atoms with Gasteiger partial charge in [-0.25, -0.2) is 4.98 Å². The van der Waals surface area contributed by atoms with Crippen LogP contribution in [0.3, 0.4) is 0 Å². The first kappa shape index (κ1) is 20.6. The van der Waals surface area contributed by atoms with E-state index >= 15 is 0 Å². The smallest absolute Gasteiger partial charge is 0.254 e. The Kier molecular flexibility index (Phi) is 5.70. The van der Waals surface area contributed by atoms with E-state index in [4.69, 9.17) is 5.73 Å². The van der Waals surface area contributed by atoms with Gasteiger partial charge in [0.05, 0.1) is 5.56 Å². The summed E-state index contributed by atoms with van der Waals surface area (Å²) < 4.78 is 0. The van der Waals surface area contributed by atoms with Gasteiger partial charge in [-0.15, -0.1) is 0 Å². The molecule has 10 heteroatoms. The normalized spacial score (nSPS) is 16.0. The monoisotopic (exact) mass is 423 g/mol. The molecule has 2 fully saturated rings. The zero-order valence-corrected chi connectivity index (χ0v) is 17.3. The van der Waals surface area contributed by atoms with E-state index < -0.39 is 5.91 Å². The summed E-state index contributed by atoms with van der Waals surface area (Å²) >= 11 is 0. The molecule has 2 heterocycles. The fourth-order valence-corrected chi connectivity index (χ4v) is 3.39. The van der Waals surface area contributed by atoms with Crippen LogP contribution in [0.4, 0.5) is 17.5 Å². The molecule has 1 saturated heterocycles. The molecule has 1 saturated carbocycles. The molecule has 31 heavy (non-hydrogen) atoms. The van der Waals surface area contributed by atoms with Crippen LogP contribution in [0.5, 0.6) is 0 Å². The molecule has 1 aromatic carbocycles. The molecular weight excluding hydrogens is 398 g/mol. The van der Waals surface area contributed by atoms with Gasteiger partial charge >= 0.3 is 0 Å². The summed E-state index contributed by atoms with van der Waals surface area (Å²) in [5, 5.41) is 6.28. The number of nitrogens with one attached hydrogen (secondary N) is 2. The van der Waals surface area contributed by atoms with Gasteiger partial charge in [0, 0.05) is 56.6 Å². The lowest BCUT2D eigenvalue weighted by Crippen LogP contribution is -2.50. The standard InChI is InChI=1S/C21H25N7O3/c1-13(29)27-8-10-28(11-9-27)20(31)14-2-4-16(5-3-14)25-21-23-12-17(18(22)30)19(26-21)24-15-6-7-15/h2-5,12,15H,6-11H2,1H3,(H2,22,30)(H2,23,24,25,26). The Balaban J connectivity index is 1.41. The second kappa shape index (κ2) is 8.58. The van der Waals surface area contributed by atoms with E-state index in [1.807, 2.05) is 0 Å². The first-order valence-corrected chi connectivity index (χ1v) is 10.3. The number of amides is 3. The molecule has 4 N–H and O–H groups in total. The summed E-state index contributed by atoms with van der Waals surface area (Å²) in [7, 11) is 0. The van der Waals surface area contributed by atoms with Gasteiger partial charge in [-0.1, -0.05) is 0 Å². The van der Waals surface area contributed by atoms with E-state index in [0.717, 1.165) is 12.8 Å². The number of carbonyl (C=O) groups excluding carboxylic acids is 3. The van der Waals surface area contributed by atoms with Crippen molar-refractivity contribution in [3.05, 3.63) is 41.6 Å². The van der Waals surface area contributed by atoms with Gasteiger partial charge in [0.25, 0.3) is 11.8 Å². The minimum absolute atomic E-state index is 0.0316. The summed E-state index contributed by atoms with van der Waals surface area (Å²) in [6.07, 6.45) is 3.47. The Bertz CT molecular complexity index is 997. The summed E-state index contributed by atoms with van der Waals surface area (Å²) in [5.74, 6) is 0.134. The van der Waals surface area contributed by atoms with Crippen molar-refractivity contribution in [3.63, 3.8) is 0 Å². The minimum Gasteiger partial charge on any atom is -0.367 e. The van der Waals surface area contributed by atoms with Crippen molar-refractivity contribution in [2.75, 3.05) is 36.8 Å². The highest BCUT2D eigenvalue weighted by Crippen LogP contribution is 2.26. The minimum atomic E-state index is -0.582. The first-order chi connectivity index (χ1) is 14.9. The lowest BCUT2D eigenvalue weighted by Gasteiger charge is -2.34. The zero-order valence-electron chi connectivity index (χ0n) is 17.3. The number of hydrogen-bond donors (Lipinski definition) is 3. The zero-order chi connectivity index (χ0) is 22.0. The quantitative estimate of drug-likeness (QED) is 0.636. The molecule has 0 bridgehead atoms. The maximum Gasteiger partial charge on any atom is 0.254 e. The van der Waals surface area contributed by atoms with Crippen LogP contribution < -0.4 is 16.4 Å². The second-order valence-electron chi connectivity index (χ2n) is 7.74. The Labute approximate surface area is 179 Å². The average Bonchev–Trinajstić information content (AvgIpc) is 3.58. The summed E-state index contributed by atoms with van der Waals surface area (Å²) in [4.78, 5) is 47.8. The van der Waals surface area contributed by atoms with Gasteiger partial charge < -0.3 is 26.2 Å². The molecule has 0 radical (unpaired) electrons. The van der Waals surface area contributed by atoms with Gasteiger partial charge in [0.1, 0.15) is 5.82 Å². The number of benzene rings is 1. The summed E-state index contributed by atoms with van der Waals surface area (Å²) in [6.45, 7) is 3.69. The highest BCUT2D eigenvalue weighted by molar-refractivity contribution is 5.97. The van der Waals surface area contributed by atoms with Crippen molar-refractivity contribution < 1.29 is 14.4 Å². The number of primary amides is 1. The van der Waals surface area contributed by atoms with E-state index in [1.54, 1.807) is 41.0 Å². The van der Waals surface area contributed by atoms with Crippen molar-refractivity contribution in [1.82, 2.24) is 19.8 Å². The van der Waals surface area contributed by atoms with Crippen LogP contribution in [0.25, 0.3) is 0 Å². The molecule has 10 nitrogen and oxygen atoms in total. The van der Waals surface area contributed by atoms with Crippen molar-refractivity contribution in [2.24, 2.45) is 5.73 Å². The van der Waals surface area contributed by atoms with Crippen LogP contribution >= 0.6 is 0 Å². The van der Waals surface area contributed by atoms with E-state index in [0.29, 0.717) is 55.2 Å². The second-order valence-corrected chi connectivity index (χ2v) is 7.74. The third-order valence-electron chi connectivity index (χ3n) is 5.37. The fourth-order valence-electron chi connectivity index (χ4n) is 3.39. The van der Waals surface area contributed by atoms with Crippen molar-refractivity contribution in [2.45, 2.75) is 25.8 Å².